The maximum atomic E-state index is 13.8. The van der Waals surface area contributed by atoms with Crippen LogP contribution in [-0.2, 0) is 10.0 Å². The number of benzene rings is 1. The fourth-order valence-corrected chi connectivity index (χ4v) is 4.99. The number of nitrogen functional groups attached to an aromatic ring is 1. The molecular formula is C12H15FN2O2S. The van der Waals surface area contributed by atoms with Crippen molar-refractivity contribution < 1.29 is 12.8 Å². The summed E-state index contributed by atoms with van der Waals surface area (Å²) >= 11 is 0. The molecule has 2 fully saturated rings. The van der Waals surface area contributed by atoms with Crippen LogP contribution in [0.1, 0.15) is 19.3 Å². The van der Waals surface area contributed by atoms with Gasteiger partial charge >= 0.3 is 0 Å². The molecule has 1 heterocycles. The van der Waals surface area contributed by atoms with Crippen LogP contribution in [0.3, 0.4) is 0 Å². The van der Waals surface area contributed by atoms with E-state index >= 15 is 0 Å². The molecule has 1 aliphatic heterocycles. The normalized spacial score (nSPS) is 27.8. The molecule has 2 aliphatic rings. The Morgan fingerprint density at radius 1 is 1.33 bits per heavy atom. The molecule has 1 saturated heterocycles. The summed E-state index contributed by atoms with van der Waals surface area (Å²) in [6.07, 6.45) is 2.84. The van der Waals surface area contributed by atoms with Crippen molar-refractivity contribution in [3.8, 4) is 0 Å². The lowest BCUT2D eigenvalue weighted by molar-refractivity contribution is 0.332. The molecule has 0 radical (unpaired) electrons. The Morgan fingerprint density at radius 2 is 2.11 bits per heavy atom. The third-order valence-electron chi connectivity index (χ3n) is 3.92. The molecule has 0 spiro atoms. The Hall–Kier alpha value is -1.14. The van der Waals surface area contributed by atoms with Crippen LogP contribution in [0.2, 0.25) is 0 Å². The molecule has 2 atom stereocenters. The van der Waals surface area contributed by atoms with E-state index in [1.165, 1.54) is 16.4 Å². The number of halogens is 1. The van der Waals surface area contributed by atoms with E-state index in [1.807, 2.05) is 0 Å². The minimum atomic E-state index is -3.80. The molecular weight excluding hydrogens is 255 g/mol. The van der Waals surface area contributed by atoms with Crippen LogP contribution < -0.4 is 5.73 Å². The van der Waals surface area contributed by atoms with Gasteiger partial charge in [-0.3, -0.25) is 0 Å². The molecule has 2 unspecified atom stereocenters. The van der Waals surface area contributed by atoms with Crippen molar-refractivity contribution in [1.82, 2.24) is 4.31 Å². The standard InChI is InChI=1S/C12H15FN2O2S/c13-10-2-1-3-11(14)12(10)18(16,17)15-7-8-4-5-9(15)6-8/h1-3,8-9H,4-7,14H2. The number of fused-ring (bicyclic) bond motifs is 2. The Kier molecular flexibility index (Phi) is 2.60. The van der Waals surface area contributed by atoms with E-state index in [1.54, 1.807) is 0 Å². The Balaban J connectivity index is 2.05. The van der Waals surface area contributed by atoms with E-state index in [0.29, 0.717) is 12.5 Å². The average molecular weight is 270 g/mol. The second-order valence-corrected chi connectivity index (χ2v) is 6.89. The highest BCUT2D eigenvalue weighted by Crippen LogP contribution is 2.41. The zero-order valence-electron chi connectivity index (χ0n) is 9.84. The Bertz CT molecular complexity index is 567. The molecule has 0 aromatic heterocycles. The van der Waals surface area contributed by atoms with Crippen molar-refractivity contribution in [1.29, 1.82) is 0 Å². The first-order valence-corrected chi connectivity index (χ1v) is 7.50. The van der Waals surface area contributed by atoms with Crippen LogP contribution in [0.4, 0.5) is 10.1 Å². The van der Waals surface area contributed by atoms with Crippen LogP contribution in [0, 0.1) is 11.7 Å². The minimum Gasteiger partial charge on any atom is -0.398 e. The summed E-state index contributed by atoms with van der Waals surface area (Å²) in [6.45, 7) is 0.501. The van der Waals surface area contributed by atoms with Gasteiger partial charge in [-0.2, -0.15) is 4.31 Å². The fraction of sp³-hybridized carbons (Fsp3) is 0.500. The molecule has 98 valence electrons. The molecule has 2 bridgehead atoms. The molecule has 3 rings (SSSR count). The summed E-state index contributed by atoms with van der Waals surface area (Å²) in [7, 11) is -3.80. The van der Waals surface area contributed by atoms with Gasteiger partial charge in [0.05, 0.1) is 5.69 Å². The van der Waals surface area contributed by atoms with Gasteiger partial charge in [-0.1, -0.05) is 6.07 Å². The highest BCUT2D eigenvalue weighted by atomic mass is 32.2. The Morgan fingerprint density at radius 3 is 2.67 bits per heavy atom. The van der Waals surface area contributed by atoms with E-state index in [2.05, 4.69) is 0 Å². The summed E-state index contributed by atoms with van der Waals surface area (Å²) in [5.74, 6) is -0.337. The van der Waals surface area contributed by atoms with Crippen LogP contribution in [0.15, 0.2) is 23.1 Å². The van der Waals surface area contributed by atoms with Crippen molar-refractivity contribution in [2.24, 2.45) is 5.92 Å². The number of anilines is 1. The van der Waals surface area contributed by atoms with E-state index in [9.17, 15) is 12.8 Å². The van der Waals surface area contributed by atoms with Crippen molar-refractivity contribution in [2.75, 3.05) is 12.3 Å². The zero-order chi connectivity index (χ0) is 12.9. The molecule has 2 N–H and O–H groups in total. The van der Waals surface area contributed by atoms with E-state index in [0.717, 1.165) is 25.3 Å². The summed E-state index contributed by atoms with van der Waals surface area (Å²) < 4.78 is 40.1. The third kappa shape index (κ3) is 1.63. The van der Waals surface area contributed by atoms with Gasteiger partial charge in [0.2, 0.25) is 10.0 Å². The van der Waals surface area contributed by atoms with E-state index < -0.39 is 15.8 Å². The average Bonchev–Trinajstić information content (AvgIpc) is 2.90. The topological polar surface area (TPSA) is 63.4 Å². The van der Waals surface area contributed by atoms with Crippen LogP contribution in [-0.4, -0.2) is 25.3 Å². The van der Waals surface area contributed by atoms with Crippen molar-refractivity contribution in [3.63, 3.8) is 0 Å². The smallest absolute Gasteiger partial charge is 0.248 e. The molecule has 1 aromatic carbocycles. The predicted molar refractivity (Wildman–Crippen MR) is 65.8 cm³/mol. The number of hydrogen-bond donors (Lipinski definition) is 1. The van der Waals surface area contributed by atoms with Gasteiger partial charge in [0.15, 0.2) is 0 Å². The van der Waals surface area contributed by atoms with Gasteiger partial charge in [0.25, 0.3) is 0 Å². The number of nitrogens with zero attached hydrogens (tertiary/aromatic N) is 1. The van der Waals surface area contributed by atoms with Gasteiger partial charge in [-0.25, -0.2) is 12.8 Å². The van der Waals surface area contributed by atoms with E-state index in [4.69, 9.17) is 5.73 Å². The van der Waals surface area contributed by atoms with Gasteiger partial charge in [0.1, 0.15) is 10.7 Å². The maximum absolute atomic E-state index is 13.8. The molecule has 6 heteroatoms. The quantitative estimate of drug-likeness (QED) is 0.830. The fourth-order valence-electron chi connectivity index (χ4n) is 3.09. The minimum absolute atomic E-state index is 0.0160. The highest BCUT2D eigenvalue weighted by molar-refractivity contribution is 7.89. The lowest BCUT2D eigenvalue weighted by Crippen LogP contribution is -2.38. The summed E-state index contributed by atoms with van der Waals surface area (Å²) in [6, 6.07) is 4.00. The van der Waals surface area contributed by atoms with Crippen LogP contribution in [0.5, 0.6) is 0 Å². The monoisotopic (exact) mass is 270 g/mol. The van der Waals surface area contributed by atoms with Crippen molar-refractivity contribution >= 4 is 15.7 Å². The molecule has 1 aliphatic carbocycles. The SMILES string of the molecule is Nc1cccc(F)c1S(=O)(=O)N1CC2CCC1C2. The summed E-state index contributed by atoms with van der Waals surface area (Å²) in [5, 5.41) is 0. The van der Waals surface area contributed by atoms with Crippen molar-refractivity contribution in [3.05, 3.63) is 24.0 Å². The first-order chi connectivity index (χ1) is 8.50. The predicted octanol–water partition coefficient (Wildman–Crippen LogP) is 1.58. The molecule has 1 aromatic rings. The molecule has 4 nitrogen and oxygen atoms in total. The van der Waals surface area contributed by atoms with Crippen molar-refractivity contribution in [2.45, 2.75) is 30.2 Å². The molecule has 0 amide bonds. The summed E-state index contributed by atoms with van der Waals surface area (Å²) in [5.41, 5.74) is 5.61. The van der Waals surface area contributed by atoms with Gasteiger partial charge < -0.3 is 5.73 Å². The molecule has 18 heavy (non-hydrogen) atoms. The van der Waals surface area contributed by atoms with E-state index in [-0.39, 0.29) is 16.6 Å². The first-order valence-electron chi connectivity index (χ1n) is 6.06. The number of hydrogen-bond acceptors (Lipinski definition) is 3. The van der Waals surface area contributed by atoms with Crippen LogP contribution >= 0.6 is 0 Å². The van der Waals surface area contributed by atoms with Gasteiger partial charge in [-0.05, 0) is 37.3 Å². The number of sulfonamides is 1. The number of piperidine rings is 1. The number of rotatable bonds is 2. The van der Waals surface area contributed by atoms with Crippen LogP contribution in [0.25, 0.3) is 0 Å². The van der Waals surface area contributed by atoms with Gasteiger partial charge in [0, 0.05) is 12.6 Å². The lowest BCUT2D eigenvalue weighted by Gasteiger charge is -2.26. The van der Waals surface area contributed by atoms with Gasteiger partial charge in [-0.15, -0.1) is 0 Å². The Labute approximate surface area is 106 Å². The third-order valence-corrected chi connectivity index (χ3v) is 5.93. The maximum Gasteiger partial charge on any atom is 0.248 e. The first kappa shape index (κ1) is 11.9. The second-order valence-electron chi connectivity index (χ2n) is 5.07. The molecule has 1 saturated carbocycles. The highest BCUT2D eigenvalue weighted by Gasteiger charge is 2.45. The summed E-state index contributed by atoms with van der Waals surface area (Å²) in [4.78, 5) is -0.363. The zero-order valence-corrected chi connectivity index (χ0v) is 10.7. The largest absolute Gasteiger partial charge is 0.398 e. The number of nitrogens with two attached hydrogens (primary N) is 1. The second kappa shape index (κ2) is 3.93. The lowest BCUT2D eigenvalue weighted by atomic mass is 10.1.